The van der Waals surface area contributed by atoms with E-state index in [0.717, 1.165) is 16.8 Å². The molecule has 0 saturated carbocycles. The van der Waals surface area contributed by atoms with Crippen LogP contribution >= 0.6 is 23.2 Å². The summed E-state index contributed by atoms with van der Waals surface area (Å²) in [6.45, 7) is 0.430. The molecule has 0 radical (unpaired) electrons. The van der Waals surface area contributed by atoms with Crippen molar-refractivity contribution in [3.05, 3.63) is 38.0 Å². The average molecular weight is 525 g/mol. The van der Waals surface area contributed by atoms with Gasteiger partial charge in [-0.15, -0.1) is 4.91 Å². The molecule has 0 aliphatic carbocycles. The van der Waals surface area contributed by atoms with Gasteiger partial charge < -0.3 is 19.6 Å². The van der Waals surface area contributed by atoms with Crippen molar-refractivity contribution in [3.8, 4) is 0 Å². The predicted octanol–water partition coefficient (Wildman–Crippen LogP) is 0.958. The van der Waals surface area contributed by atoms with Gasteiger partial charge in [-0.3, -0.25) is 23.4 Å². The number of aliphatic hydroxyl groups excluding tert-OH is 1. The zero-order valence-electron chi connectivity index (χ0n) is 16.3. The van der Waals surface area contributed by atoms with Crippen LogP contribution in [0.1, 0.15) is 19.6 Å². The molecule has 20 heteroatoms. The van der Waals surface area contributed by atoms with Crippen LogP contribution in [0.3, 0.4) is 0 Å². The Bertz CT molecular complexity index is 1120. The Labute approximate surface area is 178 Å². The van der Waals surface area contributed by atoms with E-state index in [4.69, 9.17) is 9.63 Å². The van der Waals surface area contributed by atoms with Gasteiger partial charge in [-0.25, -0.2) is 22.6 Å². The average Bonchev–Trinajstić information content (AvgIpc) is 2.88. The summed E-state index contributed by atoms with van der Waals surface area (Å²) >= 11 is 0. The molecule has 7 atom stereocenters. The van der Waals surface area contributed by atoms with Gasteiger partial charge in [0.2, 0.25) is 0 Å². The predicted molar refractivity (Wildman–Crippen MR) is 102 cm³/mol. The quantitative estimate of drug-likeness (QED) is 0.246. The van der Waals surface area contributed by atoms with Gasteiger partial charge >= 0.3 is 28.9 Å². The summed E-state index contributed by atoms with van der Waals surface area (Å²) in [5.41, 5.74) is -1.74. The second kappa shape index (κ2) is 9.47. The number of alkyl halides is 1. The first kappa shape index (κ1) is 26.9. The molecule has 1 aliphatic rings. The molecule has 16 nitrogen and oxygen atoms in total. The molecular weight excluding hydrogens is 506 g/mol. The summed E-state index contributed by atoms with van der Waals surface area (Å²) in [4.78, 5) is 56.1. The van der Waals surface area contributed by atoms with Crippen molar-refractivity contribution in [1.29, 1.82) is 0 Å². The number of nitrogens with zero attached hydrogens (tertiary/aromatic N) is 2. The molecule has 2 heterocycles. The zero-order chi connectivity index (χ0) is 24.5. The van der Waals surface area contributed by atoms with Crippen LogP contribution in [0, 0.1) is 10.8 Å². The van der Waals surface area contributed by atoms with Crippen LogP contribution in [0.15, 0.2) is 26.8 Å². The molecular formula is C12H19FN3O13P3. The molecule has 0 bridgehead atoms. The number of aliphatic hydroxyl groups is 1. The number of rotatable bonds is 10. The number of nitroso groups, excluding NO2 is 1. The monoisotopic (exact) mass is 525 g/mol. The molecule has 0 spiro atoms. The third-order valence-corrected chi connectivity index (χ3v) is 8.46. The molecule has 1 saturated heterocycles. The number of ether oxygens (including phenoxy) is 1. The van der Waals surface area contributed by atoms with Gasteiger partial charge in [-0.05, 0) is 6.42 Å². The van der Waals surface area contributed by atoms with Gasteiger partial charge in [0.15, 0.2) is 0 Å². The van der Waals surface area contributed by atoms with E-state index in [-0.39, 0.29) is 6.42 Å². The van der Waals surface area contributed by atoms with E-state index in [1.165, 1.54) is 6.92 Å². The smallest absolute Gasteiger partial charge is 0.387 e. The van der Waals surface area contributed by atoms with E-state index < -0.39 is 65.1 Å². The fourth-order valence-electron chi connectivity index (χ4n) is 2.84. The summed E-state index contributed by atoms with van der Waals surface area (Å²) in [5.74, 6) is -4.34. The molecule has 32 heavy (non-hydrogen) atoms. The number of hydrogen-bond acceptors (Lipinski definition) is 11. The van der Waals surface area contributed by atoms with Crippen molar-refractivity contribution in [1.82, 2.24) is 9.55 Å². The Morgan fingerprint density at radius 3 is 2.44 bits per heavy atom. The van der Waals surface area contributed by atoms with Crippen molar-refractivity contribution >= 4 is 23.2 Å². The van der Waals surface area contributed by atoms with Crippen LogP contribution in [0.25, 0.3) is 0 Å². The zero-order valence-corrected chi connectivity index (χ0v) is 19.0. The van der Waals surface area contributed by atoms with Crippen molar-refractivity contribution < 1.29 is 50.9 Å². The molecule has 1 aromatic heterocycles. The molecule has 0 amide bonds. The first-order valence-electron chi connectivity index (χ1n) is 8.56. The highest BCUT2D eigenvalue weighted by molar-refractivity contribution is 7.69. The van der Waals surface area contributed by atoms with Gasteiger partial charge in [-0.2, -0.15) is 4.31 Å². The lowest BCUT2D eigenvalue weighted by atomic mass is 9.96. The largest absolute Gasteiger partial charge is 0.498 e. The summed E-state index contributed by atoms with van der Waals surface area (Å²) < 4.78 is 68.1. The maximum absolute atomic E-state index is 15.3. The fourth-order valence-corrected chi connectivity index (χ4v) is 6.49. The first-order valence-corrected chi connectivity index (χ1v) is 13.6. The molecule has 4 N–H and O–H groups in total. The van der Waals surface area contributed by atoms with Crippen LogP contribution in [0.5, 0.6) is 0 Å². The Kier molecular flexibility index (Phi) is 7.95. The number of phosphoric acid groups is 1. The number of H-pyrrole nitrogens is 1. The Hall–Kier alpha value is -1.38. The van der Waals surface area contributed by atoms with Crippen molar-refractivity contribution in [3.63, 3.8) is 0 Å². The maximum Gasteiger partial charge on any atom is 0.498 e. The third-order valence-electron chi connectivity index (χ3n) is 4.11. The lowest BCUT2D eigenvalue weighted by Crippen LogP contribution is -2.41. The van der Waals surface area contributed by atoms with E-state index in [0.29, 0.717) is 6.66 Å². The summed E-state index contributed by atoms with van der Waals surface area (Å²) in [5, 5.41) is 10.3. The molecule has 2 rings (SSSR count). The lowest BCUT2D eigenvalue weighted by Gasteiger charge is -2.24. The number of nitrogens with one attached hydrogen (secondary N) is 1. The van der Waals surface area contributed by atoms with Crippen LogP contribution in [-0.4, -0.2) is 49.7 Å². The third kappa shape index (κ3) is 6.35. The fraction of sp³-hybridized carbons (Fsp3) is 0.667. The van der Waals surface area contributed by atoms with Gasteiger partial charge in [0.25, 0.3) is 11.4 Å². The van der Waals surface area contributed by atoms with Crippen molar-refractivity contribution in [2.75, 3.05) is 13.3 Å². The highest BCUT2D eigenvalue weighted by Crippen LogP contribution is 2.68. The lowest BCUT2D eigenvalue weighted by molar-refractivity contribution is -0.203. The maximum atomic E-state index is 15.3. The van der Waals surface area contributed by atoms with Gasteiger partial charge in [0.05, 0.1) is 0 Å². The van der Waals surface area contributed by atoms with E-state index in [2.05, 4.69) is 13.1 Å². The first-order chi connectivity index (χ1) is 14.5. The summed E-state index contributed by atoms with van der Waals surface area (Å²) in [6.07, 6.45) is -2.51. The highest BCUT2D eigenvalue weighted by Gasteiger charge is 2.57. The molecule has 1 fully saturated rings. The number of aromatic nitrogens is 2. The highest BCUT2D eigenvalue weighted by atomic mass is 31.3. The molecule has 3 unspecified atom stereocenters. The molecule has 0 aromatic carbocycles. The van der Waals surface area contributed by atoms with Crippen LogP contribution in [0.4, 0.5) is 4.39 Å². The second-order valence-corrected chi connectivity index (χ2v) is 11.8. The van der Waals surface area contributed by atoms with Crippen LogP contribution in [-0.2, 0) is 31.6 Å². The normalized spacial score (nSPS) is 31.4. The topological polar surface area (TPSA) is 233 Å². The molecule has 1 aliphatic heterocycles. The van der Waals surface area contributed by atoms with E-state index >= 15 is 4.39 Å². The standard InChI is InChI=1S/C12H19FN3O13P3/c1-3-7-9(18)12(13,27-10(7)16-5-4-8(17)14-11(16)19)6-26-31(23,15-20)29-32(24,25)28-30(2,21)22/h4-5,7,9-10,18H,3,6H2,1-2H3,(H,21,22)(H,24,25)(H,14,17,19)/t7-,9-,10+,12+,31?/m0/s1. The molecule has 1 aromatic rings. The van der Waals surface area contributed by atoms with E-state index in [9.17, 15) is 38.2 Å². The summed E-state index contributed by atoms with van der Waals surface area (Å²) in [7, 11) is -15.8. The van der Waals surface area contributed by atoms with Crippen LogP contribution in [0.2, 0.25) is 0 Å². The Morgan fingerprint density at radius 2 is 1.94 bits per heavy atom. The van der Waals surface area contributed by atoms with Crippen molar-refractivity contribution in [2.24, 2.45) is 10.9 Å². The van der Waals surface area contributed by atoms with Gasteiger partial charge in [0.1, 0.15) is 18.9 Å². The second-order valence-electron chi connectivity index (χ2n) is 6.59. The van der Waals surface area contributed by atoms with Crippen molar-refractivity contribution in [2.45, 2.75) is 31.5 Å². The minimum absolute atomic E-state index is 0.0329. The van der Waals surface area contributed by atoms with Crippen LogP contribution < -0.4 is 11.2 Å². The Morgan fingerprint density at radius 1 is 1.31 bits per heavy atom. The number of halogens is 1. The minimum Gasteiger partial charge on any atom is -0.387 e. The number of aromatic amines is 1. The minimum atomic E-state index is -5.64. The number of hydrogen-bond donors (Lipinski definition) is 4. The molecule has 182 valence electrons. The summed E-state index contributed by atoms with van der Waals surface area (Å²) in [6, 6.07) is 0.934. The van der Waals surface area contributed by atoms with Gasteiger partial charge in [0, 0.05) is 29.8 Å². The van der Waals surface area contributed by atoms with E-state index in [1.54, 1.807) is 0 Å². The van der Waals surface area contributed by atoms with E-state index in [1.807, 2.05) is 9.93 Å². The Balaban J connectivity index is 2.25. The van der Waals surface area contributed by atoms with Gasteiger partial charge in [-0.1, -0.05) is 6.92 Å². The SMILES string of the molecule is CC[C@@H]1[C@H](n2ccc(=O)[nH]c2=O)O[C@](F)(COP(=O)(N=O)OP(=O)(O)OP(C)(=O)O)[C@H]1O.